The summed E-state index contributed by atoms with van der Waals surface area (Å²) in [6.45, 7) is 13.2. The highest BCUT2D eigenvalue weighted by Gasteiger charge is 2.23. The Morgan fingerprint density at radius 3 is 2.38 bits per heavy atom. The van der Waals surface area contributed by atoms with E-state index in [9.17, 15) is 0 Å². The highest BCUT2D eigenvalue weighted by atomic mass is 16.3. The fraction of sp³-hybridized carbons (Fsp3) is 0.172. The number of rotatable bonds is 3. The lowest BCUT2D eigenvalue weighted by atomic mass is 9.96. The Morgan fingerprint density at radius 2 is 1.69 bits per heavy atom. The maximum Gasteiger partial charge on any atom is 0.216 e. The van der Waals surface area contributed by atoms with Crippen molar-refractivity contribution >= 4 is 27.6 Å². The maximum atomic E-state index is 8.55. The number of nitrogens with zero attached hydrogens (tertiary/aromatic N) is 2. The zero-order chi connectivity index (χ0) is 28.5. The van der Waals surface area contributed by atoms with Crippen molar-refractivity contribution in [1.82, 2.24) is 0 Å². The minimum atomic E-state index is -1.01. The van der Waals surface area contributed by atoms with Crippen LogP contribution in [0, 0.1) is 13.5 Å². The summed E-state index contributed by atoms with van der Waals surface area (Å²) in [4.78, 5) is 3.60. The van der Waals surface area contributed by atoms with Crippen LogP contribution in [0.4, 0.5) is 5.69 Å². The Labute approximate surface area is 198 Å². The van der Waals surface area contributed by atoms with E-state index in [1.807, 2.05) is 36.7 Å². The van der Waals surface area contributed by atoms with Gasteiger partial charge in [0.1, 0.15) is 18.2 Å². The quantitative estimate of drug-likeness (QED) is 0.214. The highest BCUT2D eigenvalue weighted by Crippen LogP contribution is 2.44. The molecule has 3 nitrogen and oxygen atoms in total. The zero-order valence-corrected chi connectivity index (χ0v) is 18.3. The van der Waals surface area contributed by atoms with E-state index in [0.717, 1.165) is 22.2 Å². The molecule has 3 aromatic carbocycles. The van der Waals surface area contributed by atoms with Crippen molar-refractivity contribution in [2.24, 2.45) is 7.05 Å². The normalized spacial score (nSPS) is 14.8. The number of benzene rings is 3. The van der Waals surface area contributed by atoms with Gasteiger partial charge in [0.2, 0.25) is 5.69 Å². The summed E-state index contributed by atoms with van der Waals surface area (Å²) in [6.07, 6.45) is 1.66. The fourth-order valence-corrected chi connectivity index (χ4v) is 4.07. The van der Waals surface area contributed by atoms with Crippen LogP contribution in [0.2, 0.25) is 0 Å². The zero-order valence-electron chi connectivity index (χ0n) is 25.3. The Balaban J connectivity index is 1.95. The Morgan fingerprint density at radius 1 is 1.00 bits per heavy atom. The molecule has 0 saturated heterocycles. The third-order valence-corrected chi connectivity index (χ3v) is 5.74. The Kier molecular flexibility index (Phi) is 3.23. The van der Waals surface area contributed by atoms with Gasteiger partial charge >= 0.3 is 0 Å². The first-order chi connectivity index (χ1) is 18.3. The fourth-order valence-electron chi connectivity index (χ4n) is 4.07. The minimum Gasteiger partial charge on any atom is -0.456 e. The summed E-state index contributed by atoms with van der Waals surface area (Å²) in [7, 11) is 1.82. The van der Waals surface area contributed by atoms with E-state index in [-0.39, 0.29) is 28.4 Å². The average molecular weight is 425 g/mol. The molecule has 0 atom stereocenters. The van der Waals surface area contributed by atoms with Gasteiger partial charge in [0.25, 0.3) is 0 Å². The summed E-state index contributed by atoms with van der Waals surface area (Å²) < 4.78 is 66.7. The SMILES string of the molecule is [2H]c1c[n+](C)c(-c2c(C)ccc3c2oc2c(-c4c([2H])c([2H])c([2H])c([2H])c4[2H])c([N+]#[C-])ccc23)cc1C([2H])(C)C. The van der Waals surface area contributed by atoms with Gasteiger partial charge in [-0.1, -0.05) is 68.3 Å². The third kappa shape index (κ3) is 3.08. The van der Waals surface area contributed by atoms with Crippen LogP contribution in [0.25, 0.3) is 49.2 Å². The summed E-state index contributed by atoms with van der Waals surface area (Å²) >= 11 is 0. The number of hydrogen-bond donors (Lipinski definition) is 0. The number of furan rings is 1. The maximum absolute atomic E-state index is 8.55. The lowest BCUT2D eigenvalue weighted by molar-refractivity contribution is -0.660. The molecule has 0 aliphatic heterocycles. The second kappa shape index (κ2) is 7.66. The second-order valence-corrected chi connectivity index (χ2v) is 8.01. The predicted octanol–water partition coefficient (Wildman–Crippen LogP) is 7.73. The first kappa shape index (κ1) is 13.5. The van der Waals surface area contributed by atoms with Gasteiger partial charge in [-0.2, -0.15) is 0 Å². The number of aromatic nitrogens is 1. The van der Waals surface area contributed by atoms with Crippen molar-refractivity contribution in [3.63, 3.8) is 0 Å². The van der Waals surface area contributed by atoms with Crippen molar-refractivity contribution in [1.29, 1.82) is 0 Å². The average Bonchev–Trinajstić information content (AvgIpc) is 3.25. The molecule has 5 rings (SSSR count). The number of fused-ring (bicyclic) bond motifs is 3. The summed E-state index contributed by atoms with van der Waals surface area (Å²) in [5.74, 6) is -1.01. The molecule has 0 radical (unpaired) electrons. The molecular formula is C29H25N2O+. The monoisotopic (exact) mass is 424 g/mol. The molecule has 0 fully saturated rings. The van der Waals surface area contributed by atoms with E-state index in [1.165, 1.54) is 0 Å². The van der Waals surface area contributed by atoms with Crippen molar-refractivity contribution in [2.75, 3.05) is 0 Å². The largest absolute Gasteiger partial charge is 0.456 e. The van der Waals surface area contributed by atoms with Crippen LogP contribution in [0.1, 0.15) is 40.5 Å². The summed E-state index contributed by atoms with van der Waals surface area (Å²) in [5.41, 5.74) is 3.85. The standard InChI is InChI=1S/C29H25N2O/c1-18(2)21-15-16-31(5)25(17-21)26-19(3)11-12-22-23-13-14-24(30-4)27(29(23)32-28(22)26)20-9-7-6-8-10-20/h6-18H,1-3,5H3/q+1/i6D,7D,8D,9D,10D,15D,18D. The van der Waals surface area contributed by atoms with Gasteiger partial charge in [0.05, 0.1) is 20.4 Å². The van der Waals surface area contributed by atoms with Gasteiger partial charge in [-0.3, -0.25) is 0 Å². The second-order valence-electron chi connectivity index (χ2n) is 8.01. The van der Waals surface area contributed by atoms with Crippen molar-refractivity contribution in [2.45, 2.75) is 26.7 Å². The topological polar surface area (TPSA) is 21.4 Å². The molecule has 2 aromatic heterocycles. The van der Waals surface area contributed by atoms with Crippen molar-refractivity contribution < 1.29 is 18.6 Å². The van der Waals surface area contributed by atoms with Crippen LogP contribution in [-0.2, 0) is 7.05 Å². The Bertz CT molecular complexity index is 1870. The van der Waals surface area contributed by atoms with Gasteiger partial charge in [-0.05, 0) is 29.5 Å². The van der Waals surface area contributed by atoms with Crippen LogP contribution in [-0.4, -0.2) is 0 Å². The molecule has 0 spiro atoms. The summed E-state index contributed by atoms with van der Waals surface area (Å²) in [5, 5.41) is 1.37. The molecule has 0 unspecified atom stereocenters. The van der Waals surface area contributed by atoms with Crippen LogP contribution in [0.3, 0.4) is 0 Å². The lowest BCUT2D eigenvalue weighted by Gasteiger charge is -2.09. The van der Waals surface area contributed by atoms with Crippen molar-refractivity contribution in [3.8, 4) is 22.4 Å². The molecular weight excluding hydrogens is 392 g/mol. The molecule has 0 bridgehead atoms. The van der Waals surface area contributed by atoms with E-state index in [0.29, 0.717) is 16.5 Å². The predicted molar refractivity (Wildman–Crippen MR) is 131 cm³/mol. The first-order valence-corrected chi connectivity index (χ1v) is 10.2. The number of aryl methyl sites for hydroxylation is 2. The molecule has 0 aliphatic carbocycles. The van der Waals surface area contributed by atoms with E-state index >= 15 is 0 Å². The molecule has 32 heavy (non-hydrogen) atoms. The molecule has 3 heteroatoms. The first-order valence-electron chi connectivity index (χ1n) is 13.7. The minimum absolute atomic E-state index is 0.0858. The smallest absolute Gasteiger partial charge is 0.216 e. The van der Waals surface area contributed by atoms with Gasteiger partial charge in [0, 0.05) is 29.8 Å². The molecule has 2 heterocycles. The number of hydrogen-bond acceptors (Lipinski definition) is 1. The van der Waals surface area contributed by atoms with Gasteiger partial charge in [0.15, 0.2) is 11.9 Å². The van der Waals surface area contributed by atoms with E-state index in [1.54, 1.807) is 32.2 Å². The Hall–Kier alpha value is -3.90. The molecule has 0 N–H and O–H groups in total. The van der Waals surface area contributed by atoms with E-state index in [2.05, 4.69) is 4.85 Å². The van der Waals surface area contributed by atoms with E-state index < -0.39 is 36.1 Å². The molecule has 5 aromatic rings. The van der Waals surface area contributed by atoms with Crippen LogP contribution < -0.4 is 4.57 Å². The van der Waals surface area contributed by atoms with Crippen LogP contribution in [0.15, 0.2) is 77.2 Å². The van der Waals surface area contributed by atoms with Crippen molar-refractivity contribution in [3.05, 3.63) is 95.3 Å². The molecule has 156 valence electrons. The molecule has 0 saturated carbocycles. The third-order valence-electron chi connectivity index (χ3n) is 5.74. The van der Waals surface area contributed by atoms with Gasteiger partial charge in [-0.25, -0.2) is 9.41 Å². The summed E-state index contributed by atoms with van der Waals surface area (Å²) in [6, 6.07) is 6.95. The molecule has 0 aliphatic rings. The van der Waals surface area contributed by atoms with E-state index in [4.69, 9.17) is 20.6 Å². The highest BCUT2D eigenvalue weighted by molar-refractivity contribution is 6.15. The number of pyridine rings is 1. The van der Waals surface area contributed by atoms with Crippen LogP contribution >= 0.6 is 0 Å². The molecule has 0 amide bonds. The van der Waals surface area contributed by atoms with Crippen LogP contribution in [0.5, 0.6) is 0 Å². The van der Waals surface area contributed by atoms with Gasteiger partial charge < -0.3 is 4.42 Å². The van der Waals surface area contributed by atoms with Gasteiger partial charge in [-0.15, -0.1) is 0 Å². The lowest BCUT2D eigenvalue weighted by Crippen LogP contribution is -2.31.